The molecule has 0 spiro atoms. The summed E-state index contributed by atoms with van der Waals surface area (Å²) in [6.45, 7) is 1.86. The van der Waals surface area contributed by atoms with Gasteiger partial charge in [0, 0.05) is 34.3 Å². The summed E-state index contributed by atoms with van der Waals surface area (Å²) in [5.41, 5.74) is 8.70. The average Bonchev–Trinajstić information content (AvgIpc) is 2.56. The molecule has 0 saturated carbocycles. The van der Waals surface area contributed by atoms with Gasteiger partial charge in [0.05, 0.1) is 11.3 Å². The number of carbonyl (C=O) groups excluding carboxylic acids is 1. The third-order valence-corrected chi connectivity index (χ3v) is 3.40. The lowest BCUT2D eigenvalue weighted by Crippen LogP contribution is -1.94. The minimum Gasteiger partial charge on any atom is -0.383 e. The Balaban J connectivity index is 2.12. The van der Waals surface area contributed by atoms with Crippen LogP contribution in [-0.2, 0) is 0 Å². The number of aldehydes is 1. The topological polar surface area (TPSA) is 68.9 Å². The van der Waals surface area contributed by atoms with Gasteiger partial charge in [-0.25, -0.2) is 4.98 Å². The standard InChI is InChI=1S/C18H13N3O/c1-12-14(8-13(11-22)9-20-12)6-7-15-10-21-18(19)17-5-3-2-4-16(15)17/h2-5,8-11H,1H3,(H2,19,21). The first-order valence-corrected chi connectivity index (χ1v) is 6.76. The minimum atomic E-state index is 0.488. The maximum absolute atomic E-state index is 10.8. The molecule has 0 fully saturated rings. The summed E-state index contributed by atoms with van der Waals surface area (Å²) in [4.78, 5) is 19.2. The number of carbonyl (C=O) groups is 1. The summed E-state index contributed by atoms with van der Waals surface area (Å²) in [6.07, 6.45) is 3.96. The number of nitrogens with two attached hydrogens (primary N) is 1. The highest BCUT2D eigenvalue weighted by Gasteiger charge is 2.03. The third kappa shape index (κ3) is 2.52. The van der Waals surface area contributed by atoms with Gasteiger partial charge in [-0.3, -0.25) is 9.78 Å². The maximum atomic E-state index is 10.8. The van der Waals surface area contributed by atoms with E-state index < -0.39 is 0 Å². The first-order chi connectivity index (χ1) is 10.7. The van der Waals surface area contributed by atoms with Gasteiger partial charge in [0.25, 0.3) is 0 Å². The van der Waals surface area contributed by atoms with E-state index in [2.05, 4.69) is 21.8 Å². The molecule has 2 N–H and O–H groups in total. The van der Waals surface area contributed by atoms with E-state index in [9.17, 15) is 4.79 Å². The number of aromatic nitrogens is 2. The molecular formula is C18H13N3O. The summed E-state index contributed by atoms with van der Waals surface area (Å²) in [7, 11) is 0. The van der Waals surface area contributed by atoms with Gasteiger partial charge in [0.15, 0.2) is 6.29 Å². The highest BCUT2D eigenvalue weighted by atomic mass is 16.1. The summed E-state index contributed by atoms with van der Waals surface area (Å²) in [5, 5.41) is 1.84. The van der Waals surface area contributed by atoms with Gasteiger partial charge in [0.2, 0.25) is 0 Å². The summed E-state index contributed by atoms with van der Waals surface area (Å²) >= 11 is 0. The molecule has 1 aromatic carbocycles. The van der Waals surface area contributed by atoms with Crippen molar-refractivity contribution >= 4 is 22.9 Å². The number of hydrogen-bond donors (Lipinski definition) is 1. The highest BCUT2D eigenvalue weighted by Crippen LogP contribution is 2.21. The van der Waals surface area contributed by atoms with E-state index in [0.29, 0.717) is 11.4 Å². The van der Waals surface area contributed by atoms with Crippen LogP contribution in [0.15, 0.2) is 42.7 Å². The molecule has 0 aliphatic heterocycles. The van der Waals surface area contributed by atoms with Crippen molar-refractivity contribution in [3.8, 4) is 11.8 Å². The van der Waals surface area contributed by atoms with Crippen molar-refractivity contribution in [3.63, 3.8) is 0 Å². The zero-order chi connectivity index (χ0) is 15.5. The molecule has 2 aromatic heterocycles. The Morgan fingerprint density at radius 2 is 1.77 bits per heavy atom. The van der Waals surface area contributed by atoms with Crippen LogP contribution in [0.4, 0.5) is 5.82 Å². The molecule has 4 heteroatoms. The number of benzene rings is 1. The van der Waals surface area contributed by atoms with E-state index in [1.165, 1.54) is 6.20 Å². The van der Waals surface area contributed by atoms with E-state index in [-0.39, 0.29) is 0 Å². The zero-order valence-corrected chi connectivity index (χ0v) is 12.0. The molecule has 0 amide bonds. The van der Waals surface area contributed by atoms with Crippen molar-refractivity contribution < 1.29 is 4.79 Å². The molecule has 0 saturated heterocycles. The number of anilines is 1. The summed E-state index contributed by atoms with van der Waals surface area (Å²) in [5.74, 6) is 6.65. The Kier molecular flexibility index (Phi) is 3.55. The first-order valence-electron chi connectivity index (χ1n) is 6.76. The van der Waals surface area contributed by atoms with E-state index in [4.69, 9.17) is 5.73 Å². The van der Waals surface area contributed by atoms with Crippen LogP contribution in [0.5, 0.6) is 0 Å². The molecular weight excluding hydrogens is 274 g/mol. The second-order valence-electron chi connectivity index (χ2n) is 4.87. The quantitative estimate of drug-likeness (QED) is 0.552. The second-order valence-corrected chi connectivity index (χ2v) is 4.87. The van der Waals surface area contributed by atoms with Gasteiger partial charge in [-0.15, -0.1) is 0 Å². The van der Waals surface area contributed by atoms with Crippen LogP contribution in [0, 0.1) is 18.8 Å². The van der Waals surface area contributed by atoms with Gasteiger partial charge in [0.1, 0.15) is 5.82 Å². The summed E-state index contributed by atoms with van der Waals surface area (Å²) < 4.78 is 0. The molecule has 0 atom stereocenters. The lowest BCUT2D eigenvalue weighted by atomic mass is 10.1. The monoisotopic (exact) mass is 287 g/mol. The lowest BCUT2D eigenvalue weighted by Gasteiger charge is -2.03. The van der Waals surface area contributed by atoms with Crippen LogP contribution in [-0.4, -0.2) is 16.3 Å². The molecule has 4 nitrogen and oxygen atoms in total. The third-order valence-electron chi connectivity index (χ3n) is 3.40. The second kappa shape index (κ2) is 5.66. The number of nitrogens with zero attached hydrogens (tertiary/aromatic N) is 2. The molecule has 0 bridgehead atoms. The molecule has 2 heterocycles. The van der Waals surface area contributed by atoms with Crippen LogP contribution >= 0.6 is 0 Å². The zero-order valence-electron chi connectivity index (χ0n) is 12.0. The largest absolute Gasteiger partial charge is 0.383 e. The predicted molar refractivity (Wildman–Crippen MR) is 86.5 cm³/mol. The Morgan fingerprint density at radius 3 is 2.55 bits per heavy atom. The van der Waals surface area contributed by atoms with Crippen molar-refractivity contribution in [2.45, 2.75) is 6.92 Å². The van der Waals surface area contributed by atoms with Crippen molar-refractivity contribution in [1.82, 2.24) is 9.97 Å². The summed E-state index contributed by atoms with van der Waals surface area (Å²) in [6, 6.07) is 9.47. The number of nitrogen functional groups attached to an aromatic ring is 1. The predicted octanol–water partition coefficient (Wildman–Crippen LogP) is 2.73. The van der Waals surface area contributed by atoms with Gasteiger partial charge in [-0.05, 0) is 13.0 Å². The first kappa shape index (κ1) is 13.8. The maximum Gasteiger partial charge on any atom is 0.151 e. The Bertz CT molecular complexity index is 936. The van der Waals surface area contributed by atoms with Crippen LogP contribution in [0.1, 0.15) is 27.2 Å². The number of aryl methyl sites for hydroxylation is 1. The number of hydrogen-bond acceptors (Lipinski definition) is 4. The lowest BCUT2D eigenvalue weighted by molar-refractivity contribution is 0.112. The Morgan fingerprint density at radius 1 is 1.05 bits per heavy atom. The fraction of sp³-hybridized carbons (Fsp3) is 0.0556. The van der Waals surface area contributed by atoms with E-state index in [1.54, 1.807) is 12.3 Å². The fourth-order valence-electron chi connectivity index (χ4n) is 2.19. The molecule has 22 heavy (non-hydrogen) atoms. The highest BCUT2D eigenvalue weighted by molar-refractivity contribution is 5.94. The molecule has 0 unspecified atom stereocenters. The normalized spacial score (nSPS) is 10.0. The number of pyridine rings is 2. The fourth-order valence-corrected chi connectivity index (χ4v) is 2.19. The van der Waals surface area contributed by atoms with Gasteiger partial charge >= 0.3 is 0 Å². The Hall–Kier alpha value is -3.19. The molecule has 0 aliphatic rings. The SMILES string of the molecule is Cc1ncc(C=O)cc1C#Cc1cnc(N)c2ccccc12. The van der Waals surface area contributed by atoms with Crippen molar-refractivity contribution in [2.75, 3.05) is 5.73 Å². The van der Waals surface area contributed by atoms with E-state index in [1.807, 2.05) is 31.2 Å². The van der Waals surface area contributed by atoms with Crippen LogP contribution in [0.2, 0.25) is 0 Å². The van der Waals surface area contributed by atoms with Crippen LogP contribution < -0.4 is 5.73 Å². The Labute approximate surface area is 128 Å². The molecule has 0 radical (unpaired) electrons. The molecule has 3 rings (SSSR count). The minimum absolute atomic E-state index is 0.488. The van der Waals surface area contributed by atoms with Gasteiger partial charge in [-0.1, -0.05) is 36.1 Å². The number of rotatable bonds is 1. The van der Waals surface area contributed by atoms with E-state index in [0.717, 1.165) is 33.9 Å². The van der Waals surface area contributed by atoms with Crippen molar-refractivity contribution in [1.29, 1.82) is 0 Å². The van der Waals surface area contributed by atoms with Crippen molar-refractivity contribution in [2.24, 2.45) is 0 Å². The van der Waals surface area contributed by atoms with Gasteiger partial charge < -0.3 is 5.73 Å². The molecule has 0 aliphatic carbocycles. The molecule has 106 valence electrons. The smallest absolute Gasteiger partial charge is 0.151 e. The average molecular weight is 287 g/mol. The molecule has 3 aromatic rings. The van der Waals surface area contributed by atoms with Crippen LogP contribution in [0.25, 0.3) is 10.8 Å². The van der Waals surface area contributed by atoms with Crippen molar-refractivity contribution in [3.05, 3.63) is 65.1 Å². The van der Waals surface area contributed by atoms with Gasteiger partial charge in [-0.2, -0.15) is 0 Å². The van der Waals surface area contributed by atoms with Crippen LogP contribution in [0.3, 0.4) is 0 Å². The van der Waals surface area contributed by atoms with E-state index >= 15 is 0 Å². The number of fused-ring (bicyclic) bond motifs is 1.